The number of nitrogen functional groups attached to an aromatic ring is 1. The van der Waals surface area contributed by atoms with E-state index in [9.17, 15) is 14.7 Å². The van der Waals surface area contributed by atoms with Gasteiger partial charge in [-0.05, 0) is 43.9 Å². The van der Waals surface area contributed by atoms with Crippen LogP contribution in [0, 0.1) is 6.92 Å². The van der Waals surface area contributed by atoms with Gasteiger partial charge in [-0.1, -0.05) is 6.07 Å². The number of nitrogens with two attached hydrogens (primary N) is 1. The first-order valence-corrected chi connectivity index (χ1v) is 6.41. The predicted octanol–water partition coefficient (Wildman–Crippen LogP) is 1.66. The fourth-order valence-electron chi connectivity index (χ4n) is 2.47. The minimum Gasteiger partial charge on any atom is -0.480 e. The Labute approximate surface area is 112 Å². The van der Waals surface area contributed by atoms with Gasteiger partial charge in [-0.25, -0.2) is 4.79 Å². The first kappa shape index (κ1) is 13.4. The maximum atomic E-state index is 12.5. The Balaban J connectivity index is 2.31. The average Bonchev–Trinajstić information content (AvgIpc) is 2.41. The molecule has 1 heterocycles. The average molecular weight is 262 g/mol. The standard InChI is InChI=1S/C14H18N2O3/c1-9-10(5-4-6-11(9)15)13(17)16-8-3-2-7-12(16)14(18)19/h4-6,12H,2-3,7-8,15H2,1H3,(H,18,19). The highest BCUT2D eigenvalue weighted by Crippen LogP contribution is 2.23. The highest BCUT2D eigenvalue weighted by molar-refractivity contribution is 5.99. The van der Waals surface area contributed by atoms with E-state index in [2.05, 4.69) is 0 Å². The van der Waals surface area contributed by atoms with Crippen LogP contribution in [0.2, 0.25) is 0 Å². The molecule has 0 radical (unpaired) electrons. The number of likely N-dealkylation sites (tertiary alicyclic amines) is 1. The van der Waals surface area contributed by atoms with Gasteiger partial charge in [0.25, 0.3) is 5.91 Å². The summed E-state index contributed by atoms with van der Waals surface area (Å²) in [6, 6.07) is 4.43. The van der Waals surface area contributed by atoms with Crippen molar-refractivity contribution in [1.29, 1.82) is 0 Å². The zero-order chi connectivity index (χ0) is 14.0. The molecule has 1 aromatic rings. The maximum absolute atomic E-state index is 12.5. The Morgan fingerprint density at radius 1 is 1.37 bits per heavy atom. The number of amides is 1. The van der Waals surface area contributed by atoms with Crippen molar-refractivity contribution in [1.82, 2.24) is 4.90 Å². The molecule has 0 aliphatic carbocycles. The fraction of sp³-hybridized carbons (Fsp3) is 0.429. The Morgan fingerprint density at radius 2 is 2.11 bits per heavy atom. The van der Waals surface area contributed by atoms with E-state index in [1.54, 1.807) is 25.1 Å². The molecular formula is C14H18N2O3. The van der Waals surface area contributed by atoms with Gasteiger partial charge >= 0.3 is 5.97 Å². The van der Waals surface area contributed by atoms with Crippen LogP contribution in [0.5, 0.6) is 0 Å². The molecule has 0 aromatic heterocycles. The van der Waals surface area contributed by atoms with Crippen LogP contribution >= 0.6 is 0 Å². The Kier molecular flexibility index (Phi) is 3.74. The van der Waals surface area contributed by atoms with Crippen molar-refractivity contribution in [2.75, 3.05) is 12.3 Å². The van der Waals surface area contributed by atoms with Crippen LogP contribution in [0.3, 0.4) is 0 Å². The molecule has 1 aliphatic rings. The van der Waals surface area contributed by atoms with Gasteiger partial charge < -0.3 is 15.7 Å². The SMILES string of the molecule is Cc1c(N)cccc1C(=O)N1CCCCC1C(=O)O. The lowest BCUT2D eigenvalue weighted by Crippen LogP contribution is -2.48. The number of hydrogen-bond acceptors (Lipinski definition) is 3. The van der Waals surface area contributed by atoms with E-state index in [0.717, 1.165) is 12.8 Å². The molecule has 1 unspecified atom stereocenters. The quantitative estimate of drug-likeness (QED) is 0.794. The summed E-state index contributed by atoms with van der Waals surface area (Å²) in [5.74, 6) is -1.17. The van der Waals surface area contributed by atoms with Crippen LogP contribution in [0.4, 0.5) is 5.69 Å². The van der Waals surface area contributed by atoms with Crippen molar-refractivity contribution in [2.45, 2.75) is 32.2 Å². The molecule has 1 aliphatic heterocycles. The van der Waals surface area contributed by atoms with Crippen molar-refractivity contribution in [2.24, 2.45) is 0 Å². The molecule has 2 rings (SSSR count). The van der Waals surface area contributed by atoms with Crippen molar-refractivity contribution >= 4 is 17.6 Å². The molecule has 0 spiro atoms. The number of benzene rings is 1. The number of anilines is 1. The van der Waals surface area contributed by atoms with Gasteiger partial charge in [-0.2, -0.15) is 0 Å². The summed E-state index contributed by atoms with van der Waals surface area (Å²) in [5, 5.41) is 9.21. The van der Waals surface area contributed by atoms with E-state index in [-0.39, 0.29) is 5.91 Å². The van der Waals surface area contributed by atoms with E-state index >= 15 is 0 Å². The number of hydrogen-bond donors (Lipinski definition) is 2. The first-order valence-electron chi connectivity index (χ1n) is 6.41. The number of carbonyl (C=O) groups excluding carboxylic acids is 1. The van der Waals surface area contributed by atoms with Crippen molar-refractivity contribution in [3.63, 3.8) is 0 Å². The Hall–Kier alpha value is -2.04. The number of nitrogens with zero attached hydrogens (tertiary/aromatic N) is 1. The number of carboxylic acids is 1. The summed E-state index contributed by atoms with van der Waals surface area (Å²) >= 11 is 0. The van der Waals surface area contributed by atoms with Crippen molar-refractivity contribution < 1.29 is 14.7 Å². The molecule has 19 heavy (non-hydrogen) atoms. The lowest BCUT2D eigenvalue weighted by atomic mass is 9.99. The van der Waals surface area contributed by atoms with Gasteiger partial charge in [-0.15, -0.1) is 0 Å². The Morgan fingerprint density at radius 3 is 2.79 bits per heavy atom. The second-order valence-electron chi connectivity index (χ2n) is 4.87. The lowest BCUT2D eigenvalue weighted by molar-refractivity contribution is -0.143. The number of aliphatic carboxylic acids is 1. The van der Waals surface area contributed by atoms with Gasteiger partial charge in [0.1, 0.15) is 6.04 Å². The van der Waals surface area contributed by atoms with Gasteiger partial charge in [-0.3, -0.25) is 4.79 Å². The highest BCUT2D eigenvalue weighted by Gasteiger charge is 2.32. The molecule has 1 aromatic carbocycles. The van der Waals surface area contributed by atoms with Crippen LogP contribution < -0.4 is 5.73 Å². The van der Waals surface area contributed by atoms with E-state index < -0.39 is 12.0 Å². The zero-order valence-electron chi connectivity index (χ0n) is 10.9. The van der Waals surface area contributed by atoms with E-state index in [1.165, 1.54) is 4.90 Å². The summed E-state index contributed by atoms with van der Waals surface area (Å²) in [4.78, 5) is 25.2. The van der Waals surface area contributed by atoms with E-state index in [1.807, 2.05) is 0 Å². The van der Waals surface area contributed by atoms with Crippen molar-refractivity contribution in [3.8, 4) is 0 Å². The number of piperidine rings is 1. The molecule has 5 heteroatoms. The van der Waals surface area contributed by atoms with Crippen molar-refractivity contribution in [3.05, 3.63) is 29.3 Å². The molecule has 0 bridgehead atoms. The Bertz CT molecular complexity index is 513. The fourth-order valence-corrected chi connectivity index (χ4v) is 2.47. The second kappa shape index (κ2) is 5.30. The van der Waals surface area contributed by atoms with Crippen LogP contribution in [-0.4, -0.2) is 34.5 Å². The van der Waals surface area contributed by atoms with E-state index in [0.29, 0.717) is 29.8 Å². The molecule has 1 saturated heterocycles. The number of rotatable bonds is 2. The lowest BCUT2D eigenvalue weighted by Gasteiger charge is -2.33. The normalized spacial score (nSPS) is 19.2. The molecule has 5 nitrogen and oxygen atoms in total. The van der Waals surface area contributed by atoms with Crippen LogP contribution in [0.15, 0.2) is 18.2 Å². The van der Waals surface area contributed by atoms with E-state index in [4.69, 9.17) is 5.73 Å². The monoisotopic (exact) mass is 262 g/mol. The van der Waals surface area contributed by atoms with Gasteiger partial charge in [0.05, 0.1) is 0 Å². The number of carbonyl (C=O) groups is 2. The van der Waals surface area contributed by atoms with Crippen LogP contribution in [-0.2, 0) is 4.79 Å². The van der Waals surface area contributed by atoms with Crippen LogP contribution in [0.25, 0.3) is 0 Å². The topological polar surface area (TPSA) is 83.6 Å². The van der Waals surface area contributed by atoms with Gasteiger partial charge in [0.15, 0.2) is 0 Å². The predicted molar refractivity (Wildman–Crippen MR) is 71.9 cm³/mol. The summed E-state index contributed by atoms with van der Waals surface area (Å²) < 4.78 is 0. The molecule has 1 atom stereocenters. The highest BCUT2D eigenvalue weighted by atomic mass is 16.4. The molecule has 0 saturated carbocycles. The third-order valence-electron chi connectivity index (χ3n) is 3.65. The van der Waals surface area contributed by atoms with Crippen LogP contribution in [0.1, 0.15) is 35.2 Å². The third kappa shape index (κ3) is 2.54. The minimum atomic E-state index is -0.936. The first-order chi connectivity index (χ1) is 9.02. The third-order valence-corrected chi connectivity index (χ3v) is 3.65. The molecule has 3 N–H and O–H groups in total. The van der Waals surface area contributed by atoms with Gasteiger partial charge in [0, 0.05) is 17.8 Å². The van der Waals surface area contributed by atoms with Gasteiger partial charge in [0.2, 0.25) is 0 Å². The largest absolute Gasteiger partial charge is 0.480 e. The second-order valence-corrected chi connectivity index (χ2v) is 4.87. The zero-order valence-corrected chi connectivity index (χ0v) is 10.9. The summed E-state index contributed by atoms with van der Waals surface area (Å²) in [6.45, 7) is 2.27. The summed E-state index contributed by atoms with van der Waals surface area (Å²) in [6.07, 6.45) is 2.20. The molecular weight excluding hydrogens is 244 g/mol. The number of carboxylic acid groups (broad SMARTS) is 1. The maximum Gasteiger partial charge on any atom is 0.326 e. The smallest absolute Gasteiger partial charge is 0.326 e. The summed E-state index contributed by atoms with van der Waals surface area (Å²) in [5.41, 5.74) is 7.55. The molecule has 1 amide bonds. The summed E-state index contributed by atoms with van der Waals surface area (Å²) in [7, 11) is 0. The molecule has 102 valence electrons. The molecule has 1 fully saturated rings. The minimum absolute atomic E-state index is 0.239.